The van der Waals surface area contributed by atoms with E-state index in [4.69, 9.17) is 11.6 Å². The molecule has 0 N–H and O–H groups in total. The van der Waals surface area contributed by atoms with Crippen molar-refractivity contribution in [1.29, 1.82) is 0 Å². The van der Waals surface area contributed by atoms with E-state index in [1.165, 1.54) is 0 Å². The summed E-state index contributed by atoms with van der Waals surface area (Å²) in [7, 11) is 0. The van der Waals surface area contributed by atoms with Crippen molar-refractivity contribution in [2.75, 3.05) is 44.2 Å². The van der Waals surface area contributed by atoms with Gasteiger partial charge in [-0.25, -0.2) is 4.98 Å². The molecule has 30 heavy (non-hydrogen) atoms. The average molecular weight is 428 g/mol. The minimum absolute atomic E-state index is 0.119. The van der Waals surface area contributed by atoms with Gasteiger partial charge in [0.25, 0.3) is 0 Å². The van der Waals surface area contributed by atoms with Gasteiger partial charge in [-0.1, -0.05) is 17.7 Å². The maximum atomic E-state index is 13.1. The van der Waals surface area contributed by atoms with Gasteiger partial charge in [-0.05, 0) is 30.7 Å². The summed E-state index contributed by atoms with van der Waals surface area (Å²) in [5.41, 5.74) is 0.964. The number of hydrogen-bond donors (Lipinski definition) is 0. The molecule has 2 aliphatic rings. The number of halogens is 1. The smallest absolute Gasteiger partial charge is 0.227 e. The van der Waals surface area contributed by atoms with Gasteiger partial charge in [0, 0.05) is 70.2 Å². The van der Waals surface area contributed by atoms with Crippen molar-refractivity contribution in [3.63, 3.8) is 0 Å². The second-order valence-corrected chi connectivity index (χ2v) is 8.23. The molecule has 0 aliphatic carbocycles. The first-order chi connectivity index (χ1) is 14.6. The Morgan fingerprint density at radius 3 is 2.63 bits per heavy atom. The number of aromatic nitrogens is 2. The van der Waals surface area contributed by atoms with Crippen LogP contribution in [-0.2, 0) is 16.0 Å². The van der Waals surface area contributed by atoms with Crippen LogP contribution < -0.4 is 4.90 Å². The molecule has 4 heterocycles. The van der Waals surface area contributed by atoms with Crippen LogP contribution in [0.1, 0.15) is 18.5 Å². The molecule has 2 aromatic heterocycles. The number of carbonyl (C=O) groups excluding carboxylic acids is 2. The van der Waals surface area contributed by atoms with Crippen molar-refractivity contribution in [2.45, 2.75) is 19.3 Å². The fourth-order valence-corrected chi connectivity index (χ4v) is 4.21. The summed E-state index contributed by atoms with van der Waals surface area (Å²) in [6, 6.07) is 9.54. The lowest BCUT2D eigenvalue weighted by Crippen LogP contribution is -2.53. The number of rotatable bonds is 5. The normalized spacial score (nSPS) is 19.8. The molecule has 2 amide bonds. The largest absolute Gasteiger partial charge is 0.353 e. The zero-order chi connectivity index (χ0) is 20.9. The number of amides is 2. The number of carbonyl (C=O) groups is 2. The number of likely N-dealkylation sites (tertiary alicyclic amines) is 1. The van der Waals surface area contributed by atoms with Gasteiger partial charge < -0.3 is 14.7 Å². The number of hydrogen-bond acceptors (Lipinski definition) is 5. The van der Waals surface area contributed by atoms with E-state index >= 15 is 0 Å². The zero-order valence-corrected chi connectivity index (χ0v) is 17.7. The van der Waals surface area contributed by atoms with Gasteiger partial charge in [-0.15, -0.1) is 0 Å². The van der Waals surface area contributed by atoms with Gasteiger partial charge in [0.1, 0.15) is 5.82 Å². The van der Waals surface area contributed by atoms with Crippen LogP contribution in [0.15, 0.2) is 42.7 Å². The molecule has 0 spiro atoms. The number of piperazine rings is 1. The highest BCUT2D eigenvalue weighted by atomic mass is 35.5. The maximum absolute atomic E-state index is 13.1. The summed E-state index contributed by atoms with van der Waals surface area (Å²) >= 11 is 5.92. The van der Waals surface area contributed by atoms with Crippen LogP contribution in [0, 0.1) is 5.92 Å². The van der Waals surface area contributed by atoms with E-state index in [1.54, 1.807) is 12.4 Å². The van der Waals surface area contributed by atoms with Crippen LogP contribution in [0.25, 0.3) is 0 Å². The number of nitrogens with zero attached hydrogens (tertiary/aromatic N) is 5. The predicted octanol–water partition coefficient (Wildman–Crippen LogP) is 2.26. The van der Waals surface area contributed by atoms with Crippen molar-refractivity contribution < 1.29 is 9.59 Å². The highest BCUT2D eigenvalue weighted by Gasteiger charge is 2.33. The number of pyridine rings is 2. The molecule has 2 aliphatic heterocycles. The second-order valence-electron chi connectivity index (χ2n) is 7.79. The molecule has 4 rings (SSSR count). The standard InChI is InChI=1S/C22H26ClN5O2/c23-18-5-6-20(25-15-18)26-11-13-27(14-12-26)22(30)17-4-7-21(29)28(16-17)10-8-19-3-1-2-9-24-19/h1-3,5-6,9,15,17H,4,7-8,10-14,16H2/t17-/m1/s1. The van der Waals surface area contributed by atoms with Crippen molar-refractivity contribution in [2.24, 2.45) is 5.92 Å². The summed E-state index contributed by atoms with van der Waals surface area (Å²) in [6.45, 7) is 3.94. The first-order valence-corrected chi connectivity index (χ1v) is 10.8. The van der Waals surface area contributed by atoms with Gasteiger partial charge in [0.15, 0.2) is 0 Å². The first-order valence-electron chi connectivity index (χ1n) is 10.4. The molecule has 0 radical (unpaired) electrons. The lowest BCUT2D eigenvalue weighted by molar-refractivity contribution is -0.143. The van der Waals surface area contributed by atoms with Crippen molar-refractivity contribution in [3.8, 4) is 0 Å². The Labute approximate surface area is 181 Å². The maximum Gasteiger partial charge on any atom is 0.227 e. The highest BCUT2D eigenvalue weighted by Crippen LogP contribution is 2.22. The summed E-state index contributed by atoms with van der Waals surface area (Å²) in [5.74, 6) is 1.06. The van der Waals surface area contributed by atoms with Crippen LogP contribution in [0.3, 0.4) is 0 Å². The molecule has 0 aromatic carbocycles. The monoisotopic (exact) mass is 427 g/mol. The van der Waals surface area contributed by atoms with Crippen LogP contribution in [-0.4, -0.2) is 70.9 Å². The molecule has 2 fully saturated rings. The SMILES string of the molecule is O=C1CC[C@@H](C(=O)N2CCN(c3ccc(Cl)cn3)CC2)CN1CCc1ccccn1. The Morgan fingerprint density at radius 1 is 1.10 bits per heavy atom. The molecule has 2 saturated heterocycles. The molecule has 8 heteroatoms. The molecule has 0 unspecified atom stereocenters. The summed E-state index contributed by atoms with van der Waals surface area (Å²) in [4.78, 5) is 40.1. The molecule has 1 atom stereocenters. The predicted molar refractivity (Wildman–Crippen MR) is 115 cm³/mol. The Hall–Kier alpha value is -2.67. The van der Waals surface area contributed by atoms with Gasteiger partial charge >= 0.3 is 0 Å². The van der Waals surface area contributed by atoms with Gasteiger partial charge in [0.05, 0.1) is 10.9 Å². The minimum atomic E-state index is -0.119. The lowest BCUT2D eigenvalue weighted by atomic mass is 9.95. The summed E-state index contributed by atoms with van der Waals surface area (Å²) in [5, 5.41) is 0.618. The third-order valence-corrected chi connectivity index (χ3v) is 6.06. The third kappa shape index (κ3) is 4.90. The summed E-state index contributed by atoms with van der Waals surface area (Å²) < 4.78 is 0. The van der Waals surface area contributed by atoms with Crippen molar-refractivity contribution in [1.82, 2.24) is 19.8 Å². The fraction of sp³-hybridized carbons (Fsp3) is 0.455. The van der Waals surface area contributed by atoms with E-state index in [2.05, 4.69) is 14.9 Å². The van der Waals surface area contributed by atoms with Gasteiger partial charge in [-0.3, -0.25) is 14.6 Å². The molecule has 0 bridgehead atoms. The first kappa shape index (κ1) is 20.6. The second kappa shape index (κ2) is 9.43. The van der Waals surface area contributed by atoms with E-state index < -0.39 is 0 Å². The molecule has 2 aromatic rings. The fourth-order valence-electron chi connectivity index (χ4n) is 4.10. The zero-order valence-electron chi connectivity index (χ0n) is 16.9. The van der Waals surface area contributed by atoms with E-state index in [0.717, 1.165) is 24.6 Å². The van der Waals surface area contributed by atoms with Crippen LogP contribution in [0.5, 0.6) is 0 Å². The van der Waals surface area contributed by atoms with Gasteiger partial charge in [0.2, 0.25) is 11.8 Å². The quantitative estimate of drug-likeness (QED) is 0.732. The van der Waals surface area contributed by atoms with E-state index in [0.29, 0.717) is 50.5 Å². The molecular weight excluding hydrogens is 402 g/mol. The number of anilines is 1. The molecule has 0 saturated carbocycles. The minimum Gasteiger partial charge on any atom is -0.353 e. The van der Waals surface area contributed by atoms with Crippen LogP contribution in [0.4, 0.5) is 5.82 Å². The Bertz CT molecular complexity index is 869. The van der Waals surface area contributed by atoms with Crippen LogP contribution in [0.2, 0.25) is 5.02 Å². The molecule has 7 nitrogen and oxygen atoms in total. The summed E-state index contributed by atoms with van der Waals surface area (Å²) in [6.07, 6.45) is 5.19. The van der Waals surface area contributed by atoms with E-state index in [-0.39, 0.29) is 17.7 Å². The lowest BCUT2D eigenvalue weighted by Gasteiger charge is -2.39. The average Bonchev–Trinajstić information content (AvgIpc) is 2.79. The van der Waals surface area contributed by atoms with Crippen molar-refractivity contribution in [3.05, 3.63) is 53.4 Å². The molecular formula is C22H26ClN5O2. The van der Waals surface area contributed by atoms with Crippen molar-refractivity contribution >= 4 is 29.2 Å². The third-order valence-electron chi connectivity index (χ3n) is 5.84. The topological polar surface area (TPSA) is 69.6 Å². The van der Waals surface area contributed by atoms with Gasteiger partial charge in [-0.2, -0.15) is 0 Å². The Kier molecular flexibility index (Phi) is 6.47. The van der Waals surface area contributed by atoms with E-state index in [9.17, 15) is 9.59 Å². The Morgan fingerprint density at radius 2 is 1.93 bits per heavy atom. The van der Waals surface area contributed by atoms with E-state index in [1.807, 2.05) is 40.1 Å². The molecule has 158 valence electrons. The Balaban J connectivity index is 1.30. The highest BCUT2D eigenvalue weighted by molar-refractivity contribution is 6.30. The van der Waals surface area contributed by atoms with Crippen LogP contribution >= 0.6 is 11.6 Å². The number of piperidine rings is 1.